The lowest BCUT2D eigenvalue weighted by molar-refractivity contribution is -0.124. The summed E-state index contributed by atoms with van der Waals surface area (Å²) in [5.41, 5.74) is 1.94. The normalized spacial score (nSPS) is 12.2. The van der Waals surface area contributed by atoms with Gasteiger partial charge in [0, 0.05) is 12.5 Å². The molecule has 0 radical (unpaired) electrons. The topological polar surface area (TPSA) is 49.3 Å². The average molecular weight is 221 g/mol. The van der Waals surface area contributed by atoms with Gasteiger partial charge in [0.2, 0.25) is 5.91 Å². The lowest BCUT2D eigenvalue weighted by atomic mass is 10.1. The third-order valence-electron chi connectivity index (χ3n) is 2.73. The second-order valence-electron chi connectivity index (χ2n) is 4.00. The minimum Gasteiger partial charge on any atom is -0.392 e. The standard InChI is InChI=1S/C13H19NO2/c1-3-10(2)13(16)14-8-11-4-6-12(9-15)7-5-11/h4-7,10,15H,3,8-9H2,1-2H3,(H,14,16). The number of nitrogens with one attached hydrogen (secondary N) is 1. The molecule has 1 unspecified atom stereocenters. The third-order valence-corrected chi connectivity index (χ3v) is 2.73. The number of benzene rings is 1. The zero-order valence-corrected chi connectivity index (χ0v) is 9.86. The number of aliphatic hydroxyl groups excluding tert-OH is 1. The fourth-order valence-corrected chi connectivity index (χ4v) is 1.31. The molecule has 1 atom stereocenters. The molecule has 0 aromatic heterocycles. The van der Waals surface area contributed by atoms with Gasteiger partial charge in [0.1, 0.15) is 0 Å². The Labute approximate surface area is 96.5 Å². The Morgan fingerprint density at radius 3 is 2.38 bits per heavy atom. The SMILES string of the molecule is CCC(C)C(=O)NCc1ccc(CO)cc1. The van der Waals surface area contributed by atoms with E-state index in [-0.39, 0.29) is 18.4 Å². The number of aliphatic hydroxyl groups is 1. The monoisotopic (exact) mass is 221 g/mol. The minimum absolute atomic E-state index is 0.0551. The zero-order chi connectivity index (χ0) is 12.0. The van der Waals surface area contributed by atoms with Gasteiger partial charge >= 0.3 is 0 Å². The van der Waals surface area contributed by atoms with E-state index >= 15 is 0 Å². The summed E-state index contributed by atoms with van der Waals surface area (Å²) in [5, 5.41) is 11.8. The summed E-state index contributed by atoms with van der Waals surface area (Å²) < 4.78 is 0. The number of carbonyl (C=O) groups is 1. The smallest absolute Gasteiger partial charge is 0.223 e. The first-order valence-electron chi connectivity index (χ1n) is 5.63. The summed E-state index contributed by atoms with van der Waals surface area (Å²) in [4.78, 5) is 11.5. The lowest BCUT2D eigenvalue weighted by Gasteiger charge is -2.10. The molecule has 3 heteroatoms. The molecular formula is C13H19NO2. The Bertz CT molecular complexity index is 332. The molecule has 3 nitrogen and oxygen atoms in total. The van der Waals surface area contributed by atoms with Crippen LogP contribution in [0.1, 0.15) is 31.4 Å². The van der Waals surface area contributed by atoms with Crippen LogP contribution in [0.3, 0.4) is 0 Å². The number of carbonyl (C=O) groups excluding carboxylic acids is 1. The highest BCUT2D eigenvalue weighted by molar-refractivity contribution is 5.78. The van der Waals surface area contributed by atoms with E-state index in [9.17, 15) is 4.79 Å². The first-order chi connectivity index (χ1) is 7.67. The summed E-state index contributed by atoms with van der Waals surface area (Å²) in [6, 6.07) is 7.57. The molecule has 88 valence electrons. The number of hydrogen-bond acceptors (Lipinski definition) is 2. The molecule has 1 rings (SSSR count). The Balaban J connectivity index is 2.45. The highest BCUT2D eigenvalue weighted by Gasteiger charge is 2.09. The average Bonchev–Trinajstić information content (AvgIpc) is 2.35. The van der Waals surface area contributed by atoms with E-state index in [1.807, 2.05) is 38.1 Å². The van der Waals surface area contributed by atoms with Crippen molar-refractivity contribution in [1.29, 1.82) is 0 Å². The Morgan fingerprint density at radius 2 is 1.88 bits per heavy atom. The maximum atomic E-state index is 11.5. The predicted octanol–water partition coefficient (Wildman–Crippen LogP) is 1.84. The van der Waals surface area contributed by atoms with Crippen molar-refractivity contribution in [3.63, 3.8) is 0 Å². The number of rotatable bonds is 5. The van der Waals surface area contributed by atoms with Crippen LogP contribution in [0.2, 0.25) is 0 Å². The Hall–Kier alpha value is -1.35. The highest BCUT2D eigenvalue weighted by Crippen LogP contribution is 2.05. The van der Waals surface area contributed by atoms with E-state index in [1.54, 1.807) is 0 Å². The van der Waals surface area contributed by atoms with Gasteiger partial charge in [-0.05, 0) is 17.5 Å². The summed E-state index contributed by atoms with van der Waals surface area (Å²) in [6.45, 7) is 4.53. The number of hydrogen-bond donors (Lipinski definition) is 2. The summed E-state index contributed by atoms with van der Waals surface area (Å²) in [6.07, 6.45) is 0.856. The van der Waals surface area contributed by atoms with Crippen molar-refractivity contribution in [1.82, 2.24) is 5.32 Å². The van der Waals surface area contributed by atoms with Gasteiger partial charge in [0.15, 0.2) is 0 Å². The van der Waals surface area contributed by atoms with E-state index in [2.05, 4.69) is 5.32 Å². The molecule has 0 fully saturated rings. The van der Waals surface area contributed by atoms with Crippen molar-refractivity contribution in [2.45, 2.75) is 33.4 Å². The van der Waals surface area contributed by atoms with Gasteiger partial charge in [-0.15, -0.1) is 0 Å². The second kappa shape index (κ2) is 6.28. The van der Waals surface area contributed by atoms with Crippen LogP contribution < -0.4 is 5.32 Å². The molecule has 0 aliphatic heterocycles. The van der Waals surface area contributed by atoms with E-state index in [0.29, 0.717) is 6.54 Å². The van der Waals surface area contributed by atoms with Crippen molar-refractivity contribution in [3.05, 3.63) is 35.4 Å². The molecule has 1 aromatic rings. The van der Waals surface area contributed by atoms with Crippen LogP contribution in [0.15, 0.2) is 24.3 Å². The molecule has 1 aromatic carbocycles. The summed E-state index contributed by atoms with van der Waals surface area (Å²) in [7, 11) is 0. The van der Waals surface area contributed by atoms with Crippen molar-refractivity contribution in [2.24, 2.45) is 5.92 Å². The molecule has 0 aliphatic rings. The largest absolute Gasteiger partial charge is 0.392 e. The highest BCUT2D eigenvalue weighted by atomic mass is 16.3. The van der Waals surface area contributed by atoms with Crippen LogP contribution in [0.25, 0.3) is 0 Å². The fraction of sp³-hybridized carbons (Fsp3) is 0.462. The van der Waals surface area contributed by atoms with Gasteiger partial charge < -0.3 is 10.4 Å². The first kappa shape index (κ1) is 12.7. The van der Waals surface area contributed by atoms with Gasteiger partial charge in [-0.1, -0.05) is 38.1 Å². The molecule has 0 heterocycles. The van der Waals surface area contributed by atoms with Gasteiger partial charge in [-0.25, -0.2) is 0 Å². The van der Waals surface area contributed by atoms with Gasteiger partial charge in [0.25, 0.3) is 0 Å². The lowest BCUT2D eigenvalue weighted by Crippen LogP contribution is -2.28. The van der Waals surface area contributed by atoms with Crippen molar-refractivity contribution >= 4 is 5.91 Å². The quantitative estimate of drug-likeness (QED) is 0.797. The van der Waals surface area contributed by atoms with Crippen LogP contribution in [-0.2, 0) is 17.9 Å². The van der Waals surface area contributed by atoms with Gasteiger partial charge in [-0.3, -0.25) is 4.79 Å². The molecule has 0 spiro atoms. The molecule has 0 bridgehead atoms. The van der Waals surface area contributed by atoms with Crippen LogP contribution in [0, 0.1) is 5.92 Å². The zero-order valence-electron chi connectivity index (χ0n) is 9.86. The van der Waals surface area contributed by atoms with Crippen molar-refractivity contribution < 1.29 is 9.90 Å². The second-order valence-corrected chi connectivity index (χ2v) is 4.00. The molecule has 0 saturated carbocycles. The maximum absolute atomic E-state index is 11.5. The van der Waals surface area contributed by atoms with Crippen LogP contribution >= 0.6 is 0 Å². The Morgan fingerprint density at radius 1 is 1.31 bits per heavy atom. The van der Waals surface area contributed by atoms with E-state index in [4.69, 9.17) is 5.11 Å². The van der Waals surface area contributed by atoms with E-state index in [0.717, 1.165) is 17.5 Å². The Kier molecular flexibility index (Phi) is 4.99. The van der Waals surface area contributed by atoms with Gasteiger partial charge in [0.05, 0.1) is 6.61 Å². The van der Waals surface area contributed by atoms with E-state index < -0.39 is 0 Å². The van der Waals surface area contributed by atoms with Crippen LogP contribution in [-0.4, -0.2) is 11.0 Å². The molecule has 0 aliphatic carbocycles. The van der Waals surface area contributed by atoms with Crippen molar-refractivity contribution in [3.8, 4) is 0 Å². The molecule has 1 amide bonds. The number of amides is 1. The summed E-state index contributed by atoms with van der Waals surface area (Å²) in [5.74, 6) is 0.158. The molecule has 0 saturated heterocycles. The van der Waals surface area contributed by atoms with Crippen LogP contribution in [0.5, 0.6) is 0 Å². The molecular weight excluding hydrogens is 202 g/mol. The summed E-state index contributed by atoms with van der Waals surface area (Å²) >= 11 is 0. The van der Waals surface area contributed by atoms with Gasteiger partial charge in [-0.2, -0.15) is 0 Å². The minimum atomic E-state index is 0.0551. The van der Waals surface area contributed by atoms with Crippen LogP contribution in [0.4, 0.5) is 0 Å². The van der Waals surface area contributed by atoms with Crippen molar-refractivity contribution in [2.75, 3.05) is 0 Å². The van der Waals surface area contributed by atoms with E-state index in [1.165, 1.54) is 0 Å². The predicted molar refractivity (Wildman–Crippen MR) is 63.7 cm³/mol. The fourth-order valence-electron chi connectivity index (χ4n) is 1.31. The molecule has 2 N–H and O–H groups in total. The first-order valence-corrected chi connectivity index (χ1v) is 5.63. The third kappa shape index (κ3) is 3.66. The molecule has 16 heavy (non-hydrogen) atoms. The maximum Gasteiger partial charge on any atom is 0.223 e.